The van der Waals surface area contributed by atoms with E-state index in [0.29, 0.717) is 30.3 Å². The van der Waals surface area contributed by atoms with Crippen LogP contribution in [0.5, 0.6) is 0 Å². The molecular weight excluding hydrogens is 505 g/mol. The lowest BCUT2D eigenvalue weighted by Crippen LogP contribution is -2.44. The molecule has 2 aliphatic rings. The molecule has 4 heterocycles. The molecule has 11 heteroatoms. The molecule has 0 amide bonds. The predicted molar refractivity (Wildman–Crippen MR) is 146 cm³/mol. The summed E-state index contributed by atoms with van der Waals surface area (Å²) in [7, 11) is 2.07. The molecule has 0 radical (unpaired) electrons. The van der Waals surface area contributed by atoms with Gasteiger partial charge in [-0.3, -0.25) is 15.0 Å². The number of hydrogen-bond donors (Lipinski definition) is 2. The van der Waals surface area contributed by atoms with Gasteiger partial charge in [0.15, 0.2) is 17.5 Å². The van der Waals surface area contributed by atoms with E-state index in [1.807, 2.05) is 6.20 Å². The van der Waals surface area contributed by atoms with Gasteiger partial charge in [-0.25, -0.2) is 13.8 Å². The Balaban J connectivity index is 1.48. The van der Waals surface area contributed by atoms with Gasteiger partial charge in [-0.2, -0.15) is 9.37 Å². The maximum absolute atomic E-state index is 14.1. The molecule has 0 atom stereocenters. The molecule has 0 bridgehead atoms. The Morgan fingerprint density at radius 2 is 1.92 bits per heavy atom. The van der Waals surface area contributed by atoms with Crippen molar-refractivity contribution >= 4 is 29.9 Å². The Morgan fingerprint density at radius 1 is 1.13 bits per heavy atom. The largest absolute Gasteiger partial charge is 0.356 e. The van der Waals surface area contributed by atoms with E-state index in [1.165, 1.54) is 6.42 Å². The van der Waals surface area contributed by atoms with Crippen molar-refractivity contribution in [3.8, 4) is 0 Å². The average Bonchev–Trinajstić information content (AvgIpc) is 2.92. The van der Waals surface area contributed by atoms with Crippen molar-refractivity contribution in [3.05, 3.63) is 71.1 Å². The van der Waals surface area contributed by atoms with Crippen molar-refractivity contribution in [1.82, 2.24) is 25.2 Å². The van der Waals surface area contributed by atoms with Gasteiger partial charge in [-0.1, -0.05) is 6.42 Å². The fraction of sp³-hybridized carbons (Fsp3) is 0.393. The molecule has 1 saturated carbocycles. The van der Waals surface area contributed by atoms with Crippen LogP contribution in [0.15, 0.2) is 46.8 Å². The third-order valence-electron chi connectivity index (χ3n) is 7.45. The van der Waals surface area contributed by atoms with Crippen LogP contribution in [0.2, 0.25) is 0 Å². The Kier molecular flexibility index (Phi) is 8.16. The van der Waals surface area contributed by atoms with E-state index in [2.05, 4.69) is 49.2 Å². The maximum Gasteiger partial charge on any atom is 0.251 e. The second-order valence-electron chi connectivity index (χ2n) is 9.91. The molecule has 3 aromatic rings. The van der Waals surface area contributed by atoms with Crippen LogP contribution in [0, 0.1) is 17.6 Å². The minimum Gasteiger partial charge on any atom is -0.356 e. The van der Waals surface area contributed by atoms with Gasteiger partial charge in [0.1, 0.15) is 11.7 Å². The lowest BCUT2D eigenvalue weighted by molar-refractivity contribution is 0.288. The summed E-state index contributed by atoms with van der Waals surface area (Å²) >= 11 is 0. The summed E-state index contributed by atoms with van der Waals surface area (Å²) in [5.41, 5.74) is 3.60. The van der Waals surface area contributed by atoms with Crippen LogP contribution in [-0.4, -0.2) is 58.6 Å². The van der Waals surface area contributed by atoms with Gasteiger partial charge in [0.25, 0.3) is 5.95 Å². The number of aromatic nitrogens is 3. The van der Waals surface area contributed by atoms with Crippen molar-refractivity contribution in [1.29, 1.82) is 0 Å². The number of hydrogen-bond acceptors (Lipinski definition) is 7. The smallest absolute Gasteiger partial charge is 0.251 e. The second-order valence-corrected chi connectivity index (χ2v) is 9.91. The van der Waals surface area contributed by atoms with Crippen molar-refractivity contribution < 1.29 is 13.2 Å². The van der Waals surface area contributed by atoms with E-state index in [9.17, 15) is 13.2 Å². The second kappa shape index (κ2) is 11.9. The number of nitrogens with zero attached hydrogens (tertiary/aromatic N) is 6. The van der Waals surface area contributed by atoms with Gasteiger partial charge in [0.2, 0.25) is 0 Å². The van der Waals surface area contributed by atoms with E-state index in [1.54, 1.807) is 24.5 Å². The first-order chi connectivity index (χ1) is 18.9. The zero-order valence-corrected chi connectivity index (χ0v) is 21.8. The summed E-state index contributed by atoms with van der Waals surface area (Å²) < 4.78 is 41.0. The molecule has 2 N–H and O–H groups in total. The number of rotatable bonds is 8. The molecule has 5 rings (SSSR count). The lowest BCUT2D eigenvalue weighted by atomic mass is 9.78. The van der Waals surface area contributed by atoms with Crippen LogP contribution >= 0.6 is 0 Å². The summed E-state index contributed by atoms with van der Waals surface area (Å²) in [6, 6.07) is 4.24. The third kappa shape index (κ3) is 5.93. The number of piperidine rings is 1. The number of anilines is 2. The van der Waals surface area contributed by atoms with Crippen LogP contribution in [0.3, 0.4) is 0 Å². The Bertz CT molecular complexity index is 1370. The summed E-state index contributed by atoms with van der Waals surface area (Å²) in [4.78, 5) is 23.6. The Labute approximate surface area is 225 Å². The summed E-state index contributed by atoms with van der Waals surface area (Å²) in [5, 5.41) is 6.05. The summed E-state index contributed by atoms with van der Waals surface area (Å²) in [6.07, 6.45) is 10.6. The van der Waals surface area contributed by atoms with Gasteiger partial charge in [0.05, 0.1) is 18.4 Å². The SMILES string of the molecule is C=Nc1cncc(C2CCC2)c1/C(=N\Cc1ccnc(Nc2nc(F)c(F)cc2F)c1)N(C)C1CCNCC1. The zero-order valence-electron chi connectivity index (χ0n) is 21.8. The molecule has 0 spiro atoms. The molecule has 3 aromatic heterocycles. The first kappa shape index (κ1) is 26.7. The minimum atomic E-state index is -1.39. The lowest BCUT2D eigenvalue weighted by Gasteiger charge is -2.36. The van der Waals surface area contributed by atoms with Crippen molar-refractivity contribution in [2.75, 3.05) is 25.5 Å². The van der Waals surface area contributed by atoms with E-state index < -0.39 is 23.4 Å². The molecule has 1 aliphatic carbocycles. The highest BCUT2D eigenvalue weighted by Crippen LogP contribution is 2.40. The number of amidine groups is 1. The summed E-state index contributed by atoms with van der Waals surface area (Å²) in [5.74, 6) is -2.74. The number of halogens is 3. The summed E-state index contributed by atoms with van der Waals surface area (Å²) in [6.45, 7) is 5.98. The van der Waals surface area contributed by atoms with E-state index in [0.717, 1.165) is 61.3 Å². The van der Waals surface area contributed by atoms with Gasteiger partial charge in [0, 0.05) is 37.1 Å². The number of aliphatic imine (C=N–C) groups is 2. The van der Waals surface area contributed by atoms with Gasteiger partial charge < -0.3 is 15.5 Å². The molecule has 39 heavy (non-hydrogen) atoms. The maximum atomic E-state index is 14.1. The molecule has 1 aliphatic heterocycles. The highest BCUT2D eigenvalue weighted by atomic mass is 19.2. The quantitative estimate of drug-likeness (QED) is 0.232. The highest BCUT2D eigenvalue weighted by molar-refractivity contribution is 6.04. The number of pyridine rings is 3. The topological polar surface area (TPSA) is 90.7 Å². The fourth-order valence-electron chi connectivity index (χ4n) is 5.05. The van der Waals surface area contributed by atoms with Crippen LogP contribution < -0.4 is 10.6 Å². The van der Waals surface area contributed by atoms with Gasteiger partial charge in [-0.05, 0) is 74.7 Å². The van der Waals surface area contributed by atoms with Crippen LogP contribution in [0.4, 0.5) is 30.5 Å². The monoisotopic (exact) mass is 536 g/mol. The van der Waals surface area contributed by atoms with E-state index >= 15 is 0 Å². The first-order valence-electron chi connectivity index (χ1n) is 13.1. The van der Waals surface area contributed by atoms with Crippen molar-refractivity contribution in [2.24, 2.45) is 9.98 Å². The molecular formula is C28H31F3N8. The zero-order chi connectivity index (χ0) is 27.4. The molecule has 1 saturated heterocycles. The van der Waals surface area contributed by atoms with Crippen LogP contribution in [0.1, 0.15) is 54.7 Å². The predicted octanol–water partition coefficient (Wildman–Crippen LogP) is 5.26. The Morgan fingerprint density at radius 3 is 2.64 bits per heavy atom. The van der Waals surface area contributed by atoms with Crippen molar-refractivity contribution in [3.63, 3.8) is 0 Å². The molecule has 8 nitrogen and oxygen atoms in total. The fourth-order valence-corrected chi connectivity index (χ4v) is 5.05. The third-order valence-corrected chi connectivity index (χ3v) is 7.45. The number of nitrogens with one attached hydrogen (secondary N) is 2. The first-order valence-corrected chi connectivity index (χ1v) is 13.1. The van der Waals surface area contributed by atoms with Gasteiger partial charge >= 0.3 is 0 Å². The van der Waals surface area contributed by atoms with E-state index in [4.69, 9.17) is 4.99 Å². The molecule has 0 aromatic carbocycles. The average molecular weight is 537 g/mol. The Hall–Kier alpha value is -3.86. The molecule has 204 valence electrons. The highest BCUT2D eigenvalue weighted by Gasteiger charge is 2.30. The van der Waals surface area contributed by atoms with Crippen LogP contribution in [-0.2, 0) is 6.54 Å². The van der Waals surface area contributed by atoms with Crippen LogP contribution in [0.25, 0.3) is 0 Å². The molecule has 0 unspecified atom stereocenters. The molecule has 2 fully saturated rings. The minimum absolute atomic E-state index is 0.237. The van der Waals surface area contributed by atoms with Crippen molar-refractivity contribution in [2.45, 2.75) is 50.6 Å². The van der Waals surface area contributed by atoms with Gasteiger partial charge in [-0.15, -0.1) is 0 Å². The standard InChI is InChI=1S/C28H31F3N8/c1-32-23-16-34-15-20(18-4-3-5-18)25(23)28(39(2)19-7-9-33-10-8-19)36-14-17-6-11-35-24(12-17)37-27-22(30)13-21(29)26(31)38-27/h6,11-13,15-16,18-19,33H,1,3-5,7-10,14H2,2H3,(H,35,37,38)/b36-28+. The van der Waals surface area contributed by atoms with E-state index in [-0.39, 0.29) is 5.82 Å². The normalized spacial score (nSPS) is 16.6.